The fourth-order valence-corrected chi connectivity index (χ4v) is 2.75. The first-order valence-corrected chi connectivity index (χ1v) is 9.06. The zero-order valence-corrected chi connectivity index (χ0v) is 15.9. The third-order valence-electron chi connectivity index (χ3n) is 4.35. The summed E-state index contributed by atoms with van der Waals surface area (Å²) in [5.41, 5.74) is 6.02. The van der Waals surface area contributed by atoms with Crippen molar-refractivity contribution in [3.63, 3.8) is 0 Å². The Hall–Kier alpha value is -3.95. The number of pyridine rings is 1. The molecule has 3 rings (SSSR count). The van der Waals surface area contributed by atoms with Crippen molar-refractivity contribution < 1.29 is 19.8 Å². The zero-order chi connectivity index (χ0) is 21.5. The molecule has 3 aromatic rings. The van der Waals surface area contributed by atoms with Crippen LogP contribution in [0.2, 0.25) is 0 Å². The lowest BCUT2D eigenvalue weighted by molar-refractivity contribution is 0.0625. The summed E-state index contributed by atoms with van der Waals surface area (Å²) >= 11 is 0. The number of nitrogen functional groups attached to an aromatic ring is 1. The van der Waals surface area contributed by atoms with E-state index in [4.69, 9.17) is 5.84 Å². The van der Waals surface area contributed by atoms with Gasteiger partial charge in [0.1, 0.15) is 22.9 Å². The number of para-hydroxylation sites is 2. The first-order valence-electron chi connectivity index (χ1n) is 9.06. The van der Waals surface area contributed by atoms with E-state index >= 15 is 0 Å². The summed E-state index contributed by atoms with van der Waals surface area (Å²) in [6.07, 6.45) is 0. The smallest absolute Gasteiger partial charge is 0.286 e. The van der Waals surface area contributed by atoms with Crippen LogP contribution in [0.4, 0.5) is 0 Å². The summed E-state index contributed by atoms with van der Waals surface area (Å²) in [6, 6.07) is 17.8. The van der Waals surface area contributed by atoms with Crippen LogP contribution >= 0.6 is 0 Å². The molecule has 0 spiro atoms. The molecule has 0 aliphatic heterocycles. The minimum atomic E-state index is -0.626. The number of hydrazine groups is 2. The lowest BCUT2D eigenvalue weighted by Crippen LogP contribution is -2.42. The Bertz CT molecular complexity index is 1060. The third kappa shape index (κ3) is 4.90. The Morgan fingerprint density at radius 2 is 1.47 bits per heavy atom. The van der Waals surface area contributed by atoms with Crippen molar-refractivity contribution >= 4 is 11.8 Å². The summed E-state index contributed by atoms with van der Waals surface area (Å²) < 4.78 is 0. The maximum atomic E-state index is 13.1. The Morgan fingerprint density at radius 1 is 0.867 bits per heavy atom. The Labute approximate surface area is 172 Å². The van der Waals surface area contributed by atoms with Gasteiger partial charge in [-0.05, 0) is 24.3 Å². The molecule has 6 N–H and O–H groups in total. The van der Waals surface area contributed by atoms with Gasteiger partial charge in [-0.25, -0.2) is 16.3 Å². The van der Waals surface area contributed by atoms with E-state index in [0.29, 0.717) is 11.1 Å². The number of nitrogens with two attached hydrogens (primary N) is 1. The number of phenolic OH excluding ortho intramolecular Hbond substituents is 2. The third-order valence-corrected chi connectivity index (χ3v) is 4.35. The van der Waals surface area contributed by atoms with Crippen molar-refractivity contribution in [3.8, 4) is 11.5 Å². The molecule has 154 valence electrons. The predicted molar refractivity (Wildman–Crippen MR) is 109 cm³/mol. The fraction of sp³-hybridized carbons (Fsp3) is 0.0952. The molecular weight excluding hydrogens is 386 g/mol. The zero-order valence-electron chi connectivity index (χ0n) is 15.9. The quantitative estimate of drug-likeness (QED) is 0.227. The molecule has 0 unspecified atom stereocenters. The maximum Gasteiger partial charge on any atom is 0.286 e. The highest BCUT2D eigenvalue weighted by molar-refractivity contribution is 5.95. The van der Waals surface area contributed by atoms with Gasteiger partial charge in [0.05, 0.1) is 6.54 Å². The topological polar surface area (TPSA) is 141 Å². The average Bonchev–Trinajstić information content (AvgIpc) is 2.78. The molecule has 0 bridgehead atoms. The molecule has 0 saturated carbocycles. The molecule has 0 fully saturated rings. The molecule has 0 atom stereocenters. The normalized spacial score (nSPS) is 10.4. The van der Waals surface area contributed by atoms with Crippen molar-refractivity contribution in [3.05, 3.63) is 89.2 Å². The number of amides is 2. The minimum Gasteiger partial charge on any atom is -0.508 e. The second kappa shape index (κ2) is 9.50. The monoisotopic (exact) mass is 407 g/mol. The molecular formula is C21H21N5O4. The highest BCUT2D eigenvalue weighted by Crippen LogP contribution is 2.19. The summed E-state index contributed by atoms with van der Waals surface area (Å²) in [5.74, 6) is 4.10. The van der Waals surface area contributed by atoms with Crippen LogP contribution in [0.25, 0.3) is 0 Å². The summed E-state index contributed by atoms with van der Waals surface area (Å²) in [4.78, 5) is 28.9. The van der Waals surface area contributed by atoms with Crippen molar-refractivity contribution in [2.45, 2.75) is 13.1 Å². The Balaban J connectivity index is 1.88. The second-order valence-corrected chi connectivity index (χ2v) is 6.37. The maximum absolute atomic E-state index is 13.1. The van der Waals surface area contributed by atoms with E-state index in [-0.39, 0.29) is 36.0 Å². The number of nitrogens with zero attached hydrogens (tertiary/aromatic N) is 2. The molecule has 0 aliphatic rings. The largest absolute Gasteiger partial charge is 0.508 e. The molecule has 0 aliphatic carbocycles. The van der Waals surface area contributed by atoms with Gasteiger partial charge in [0.15, 0.2) is 0 Å². The first kappa shape index (κ1) is 20.8. The fourth-order valence-electron chi connectivity index (χ4n) is 2.75. The van der Waals surface area contributed by atoms with E-state index in [0.717, 1.165) is 0 Å². The number of aromatic hydroxyl groups is 2. The number of nitrogens with one attached hydrogen (secondary N) is 2. The standard InChI is InChI=1S/C21H21N5O4/c22-25-20(29)16-8-5-9-17(24-16)21(30)26(13-15-7-2-4-11-19(15)28)23-12-14-6-1-3-10-18(14)27/h1-11,23,27-28H,12-13,22H2,(H,25,29). The highest BCUT2D eigenvalue weighted by atomic mass is 16.3. The Morgan fingerprint density at radius 3 is 2.10 bits per heavy atom. The van der Waals surface area contributed by atoms with Gasteiger partial charge in [-0.2, -0.15) is 0 Å². The number of benzene rings is 2. The van der Waals surface area contributed by atoms with E-state index in [1.54, 1.807) is 42.5 Å². The number of hydrogen-bond acceptors (Lipinski definition) is 7. The molecule has 9 heteroatoms. The van der Waals surface area contributed by atoms with Gasteiger partial charge >= 0.3 is 0 Å². The van der Waals surface area contributed by atoms with Gasteiger partial charge in [-0.3, -0.25) is 20.0 Å². The van der Waals surface area contributed by atoms with Crippen LogP contribution in [-0.2, 0) is 13.1 Å². The first-order chi connectivity index (χ1) is 14.5. The molecule has 0 saturated heterocycles. The van der Waals surface area contributed by atoms with Gasteiger partial charge in [0.2, 0.25) is 0 Å². The molecule has 1 heterocycles. The summed E-state index contributed by atoms with van der Waals surface area (Å²) in [6.45, 7) is 0.170. The van der Waals surface area contributed by atoms with Gasteiger partial charge in [0, 0.05) is 17.7 Å². The van der Waals surface area contributed by atoms with Crippen LogP contribution in [0.5, 0.6) is 11.5 Å². The molecule has 9 nitrogen and oxygen atoms in total. The van der Waals surface area contributed by atoms with E-state index in [1.165, 1.54) is 29.3 Å². The van der Waals surface area contributed by atoms with Crippen LogP contribution in [0, 0.1) is 0 Å². The SMILES string of the molecule is NNC(=O)c1cccc(C(=O)N(Cc2ccccc2O)NCc2ccccc2O)n1. The lowest BCUT2D eigenvalue weighted by Gasteiger charge is -2.24. The second-order valence-electron chi connectivity index (χ2n) is 6.37. The van der Waals surface area contributed by atoms with E-state index in [2.05, 4.69) is 10.4 Å². The van der Waals surface area contributed by atoms with Crippen molar-refractivity contribution in [1.29, 1.82) is 0 Å². The number of hydrogen-bond donors (Lipinski definition) is 5. The van der Waals surface area contributed by atoms with Crippen LogP contribution in [0.3, 0.4) is 0 Å². The molecule has 2 aromatic carbocycles. The lowest BCUT2D eigenvalue weighted by atomic mass is 10.2. The number of rotatable bonds is 7. The van der Waals surface area contributed by atoms with E-state index < -0.39 is 11.8 Å². The Kier molecular flexibility index (Phi) is 6.58. The molecule has 2 amide bonds. The number of carbonyl (C=O) groups excluding carboxylic acids is 2. The van der Waals surface area contributed by atoms with Crippen molar-refractivity contribution in [1.82, 2.24) is 20.8 Å². The highest BCUT2D eigenvalue weighted by Gasteiger charge is 2.20. The van der Waals surface area contributed by atoms with Gasteiger partial charge in [0.25, 0.3) is 11.8 Å². The number of aromatic nitrogens is 1. The molecule has 0 radical (unpaired) electrons. The van der Waals surface area contributed by atoms with E-state index in [1.807, 2.05) is 5.43 Å². The van der Waals surface area contributed by atoms with Crippen LogP contribution in [0.15, 0.2) is 66.7 Å². The van der Waals surface area contributed by atoms with Crippen molar-refractivity contribution in [2.24, 2.45) is 5.84 Å². The van der Waals surface area contributed by atoms with Crippen LogP contribution < -0.4 is 16.7 Å². The minimum absolute atomic E-state index is 0.00781. The van der Waals surface area contributed by atoms with Gasteiger partial charge in [-0.1, -0.05) is 42.5 Å². The molecule has 1 aromatic heterocycles. The summed E-state index contributed by atoms with van der Waals surface area (Å²) in [7, 11) is 0. The number of carbonyl (C=O) groups is 2. The average molecular weight is 407 g/mol. The van der Waals surface area contributed by atoms with Gasteiger partial charge in [-0.15, -0.1) is 0 Å². The summed E-state index contributed by atoms with van der Waals surface area (Å²) in [5, 5.41) is 21.3. The number of phenols is 2. The van der Waals surface area contributed by atoms with Crippen molar-refractivity contribution in [2.75, 3.05) is 0 Å². The van der Waals surface area contributed by atoms with Crippen LogP contribution in [-0.4, -0.2) is 32.0 Å². The van der Waals surface area contributed by atoms with E-state index in [9.17, 15) is 19.8 Å². The molecule has 30 heavy (non-hydrogen) atoms. The van der Waals surface area contributed by atoms with Gasteiger partial charge < -0.3 is 10.2 Å². The predicted octanol–water partition coefficient (Wildman–Crippen LogP) is 1.44. The van der Waals surface area contributed by atoms with Crippen LogP contribution in [0.1, 0.15) is 32.1 Å².